The first kappa shape index (κ1) is 18.1. The van der Waals surface area contributed by atoms with E-state index in [1.807, 2.05) is 0 Å². The van der Waals surface area contributed by atoms with Gasteiger partial charge in [0.15, 0.2) is 5.78 Å². The zero-order valence-corrected chi connectivity index (χ0v) is 16.3. The number of aromatic nitrogens is 1. The Balaban J connectivity index is 1.91. The predicted octanol–water partition coefficient (Wildman–Crippen LogP) is 3.50. The molecule has 6 nitrogen and oxygen atoms in total. The summed E-state index contributed by atoms with van der Waals surface area (Å²) >= 11 is 1.53. The number of carbonyl (C=O) groups excluding carboxylic acids is 1. The lowest BCUT2D eigenvalue weighted by Crippen LogP contribution is -2.36. The van der Waals surface area contributed by atoms with Gasteiger partial charge in [0, 0.05) is 43.0 Å². The van der Waals surface area contributed by atoms with Gasteiger partial charge >= 0.3 is 5.97 Å². The van der Waals surface area contributed by atoms with Gasteiger partial charge < -0.3 is 14.7 Å². The lowest BCUT2D eigenvalue weighted by Gasteiger charge is -2.30. The van der Waals surface area contributed by atoms with Crippen LogP contribution in [0.2, 0.25) is 0 Å². The molecule has 0 atom stereocenters. The summed E-state index contributed by atoms with van der Waals surface area (Å²) in [5.41, 5.74) is 2.81. The third kappa shape index (κ3) is 3.37. The molecule has 0 bridgehead atoms. The quantitative estimate of drug-likeness (QED) is 0.870. The second-order valence-corrected chi connectivity index (χ2v) is 8.90. The van der Waals surface area contributed by atoms with Gasteiger partial charge in [0.25, 0.3) is 0 Å². The molecule has 4 rings (SSSR count). The number of aromatic carboxylic acids is 1. The molecule has 0 radical (unpaired) electrons. The normalized spacial score (nSPS) is 19.0. The Bertz CT molecular complexity index is 913. The molecule has 0 unspecified atom stereocenters. The third-order valence-electron chi connectivity index (χ3n) is 5.11. The van der Waals surface area contributed by atoms with Crippen molar-refractivity contribution < 1.29 is 19.4 Å². The first-order valence-corrected chi connectivity index (χ1v) is 9.88. The molecule has 1 fully saturated rings. The van der Waals surface area contributed by atoms with Crippen LogP contribution in [0.4, 0.5) is 5.00 Å². The van der Waals surface area contributed by atoms with Crippen LogP contribution in [0.15, 0.2) is 18.5 Å². The van der Waals surface area contributed by atoms with Crippen molar-refractivity contribution >= 4 is 28.1 Å². The fourth-order valence-corrected chi connectivity index (χ4v) is 5.21. The number of Topliss-reactive ketones (excluding diaryl/α,β-unsaturated/α-hetero) is 1. The minimum Gasteiger partial charge on any atom is -0.478 e. The predicted molar refractivity (Wildman–Crippen MR) is 104 cm³/mol. The van der Waals surface area contributed by atoms with E-state index in [1.165, 1.54) is 17.5 Å². The van der Waals surface area contributed by atoms with Crippen LogP contribution in [0, 0.1) is 5.41 Å². The lowest BCUT2D eigenvalue weighted by molar-refractivity contribution is 0.0696. The van der Waals surface area contributed by atoms with E-state index in [9.17, 15) is 14.7 Å². The van der Waals surface area contributed by atoms with Gasteiger partial charge in [0.05, 0.1) is 23.7 Å². The Morgan fingerprint density at radius 1 is 1.26 bits per heavy atom. The summed E-state index contributed by atoms with van der Waals surface area (Å²) < 4.78 is 5.48. The van der Waals surface area contributed by atoms with Crippen LogP contribution in [0.3, 0.4) is 0 Å². The first-order valence-electron chi connectivity index (χ1n) is 9.06. The van der Waals surface area contributed by atoms with Gasteiger partial charge in [0.1, 0.15) is 5.00 Å². The number of carboxylic acids is 1. The van der Waals surface area contributed by atoms with Crippen molar-refractivity contribution in [3.8, 4) is 11.1 Å². The van der Waals surface area contributed by atoms with Crippen LogP contribution >= 0.6 is 11.3 Å². The van der Waals surface area contributed by atoms with Crippen LogP contribution < -0.4 is 4.90 Å². The average molecular weight is 386 g/mol. The number of hydrogen-bond acceptors (Lipinski definition) is 6. The molecule has 1 aliphatic carbocycles. The van der Waals surface area contributed by atoms with E-state index in [-0.39, 0.29) is 16.8 Å². The number of pyridine rings is 1. The van der Waals surface area contributed by atoms with Crippen molar-refractivity contribution in [2.75, 3.05) is 31.2 Å². The Morgan fingerprint density at radius 3 is 2.70 bits per heavy atom. The smallest absolute Gasteiger partial charge is 0.337 e. The summed E-state index contributed by atoms with van der Waals surface area (Å²) in [6.45, 7) is 7.03. The number of thiophene rings is 1. The van der Waals surface area contributed by atoms with Crippen molar-refractivity contribution in [2.45, 2.75) is 26.7 Å². The van der Waals surface area contributed by atoms with Gasteiger partial charge in [-0.05, 0) is 23.5 Å². The minimum atomic E-state index is -1.00. The molecule has 2 aliphatic rings. The zero-order valence-electron chi connectivity index (χ0n) is 15.4. The average Bonchev–Trinajstić information content (AvgIpc) is 3.01. The molecule has 1 saturated heterocycles. The lowest BCUT2D eigenvalue weighted by atomic mass is 9.75. The summed E-state index contributed by atoms with van der Waals surface area (Å²) in [4.78, 5) is 31.5. The maximum atomic E-state index is 12.8. The molecule has 7 heteroatoms. The van der Waals surface area contributed by atoms with E-state index in [0.717, 1.165) is 46.1 Å². The molecule has 1 aliphatic heterocycles. The molecule has 0 saturated carbocycles. The second kappa shape index (κ2) is 6.73. The van der Waals surface area contributed by atoms with Gasteiger partial charge in [-0.2, -0.15) is 0 Å². The van der Waals surface area contributed by atoms with Crippen molar-refractivity contribution in [3.63, 3.8) is 0 Å². The van der Waals surface area contributed by atoms with Gasteiger partial charge in [-0.1, -0.05) is 13.8 Å². The van der Waals surface area contributed by atoms with E-state index in [1.54, 1.807) is 12.3 Å². The Hall–Kier alpha value is -2.25. The molecule has 2 aromatic rings. The Kier molecular flexibility index (Phi) is 4.52. The summed E-state index contributed by atoms with van der Waals surface area (Å²) in [6.07, 6.45) is 4.39. The molecule has 0 amide bonds. The van der Waals surface area contributed by atoms with E-state index in [4.69, 9.17) is 4.74 Å². The number of ketones is 1. The maximum absolute atomic E-state index is 12.8. The minimum absolute atomic E-state index is 0.111. The fourth-order valence-electron chi connectivity index (χ4n) is 3.88. The molecular formula is C20H22N2O4S. The Morgan fingerprint density at radius 2 is 2.00 bits per heavy atom. The van der Waals surface area contributed by atoms with Crippen LogP contribution in [0.25, 0.3) is 11.1 Å². The van der Waals surface area contributed by atoms with E-state index in [2.05, 4.69) is 23.7 Å². The SMILES string of the molecule is CC1(C)CC(=O)c2sc(N3CCOCC3)c(-c3cncc(C(=O)O)c3)c2C1. The Labute approximate surface area is 161 Å². The number of rotatable bonds is 3. The standard InChI is InChI=1S/C20H22N2O4S/c1-20(2)8-14-16(12-7-13(19(24)25)11-21-10-12)18(22-3-5-26-6-4-22)27-17(14)15(23)9-20/h7,10-11H,3-6,8-9H2,1-2H3,(H,24,25). The fraction of sp³-hybridized carbons (Fsp3) is 0.450. The van der Waals surface area contributed by atoms with Crippen molar-refractivity contribution in [1.29, 1.82) is 0 Å². The second-order valence-electron chi connectivity index (χ2n) is 7.90. The van der Waals surface area contributed by atoms with Crippen LogP contribution in [-0.2, 0) is 11.2 Å². The highest BCUT2D eigenvalue weighted by Gasteiger charge is 2.37. The molecule has 142 valence electrons. The number of carbonyl (C=O) groups is 2. The van der Waals surface area contributed by atoms with E-state index < -0.39 is 5.97 Å². The topological polar surface area (TPSA) is 79.7 Å². The summed E-state index contributed by atoms with van der Waals surface area (Å²) in [5, 5.41) is 10.4. The molecule has 0 spiro atoms. The zero-order chi connectivity index (χ0) is 19.2. The number of fused-ring (bicyclic) bond motifs is 1. The van der Waals surface area contributed by atoms with Crippen LogP contribution in [0.5, 0.6) is 0 Å². The number of carboxylic acid groups (broad SMARTS) is 1. The van der Waals surface area contributed by atoms with Gasteiger partial charge in [0.2, 0.25) is 0 Å². The van der Waals surface area contributed by atoms with Crippen molar-refractivity contribution in [3.05, 3.63) is 34.5 Å². The molecule has 27 heavy (non-hydrogen) atoms. The summed E-state index contributed by atoms with van der Waals surface area (Å²) in [5.74, 6) is -0.827. The maximum Gasteiger partial charge on any atom is 0.337 e. The van der Waals surface area contributed by atoms with Gasteiger partial charge in [-0.25, -0.2) is 4.79 Å². The number of anilines is 1. The summed E-state index contributed by atoms with van der Waals surface area (Å²) in [7, 11) is 0. The summed E-state index contributed by atoms with van der Waals surface area (Å²) in [6, 6.07) is 1.66. The van der Waals surface area contributed by atoms with Crippen molar-refractivity contribution in [1.82, 2.24) is 4.98 Å². The van der Waals surface area contributed by atoms with Gasteiger partial charge in [-0.3, -0.25) is 9.78 Å². The van der Waals surface area contributed by atoms with Gasteiger partial charge in [-0.15, -0.1) is 11.3 Å². The van der Waals surface area contributed by atoms with Crippen LogP contribution in [-0.4, -0.2) is 48.1 Å². The van der Waals surface area contributed by atoms with E-state index >= 15 is 0 Å². The highest BCUT2D eigenvalue weighted by atomic mass is 32.1. The number of hydrogen-bond donors (Lipinski definition) is 1. The highest BCUT2D eigenvalue weighted by Crippen LogP contribution is 2.49. The van der Waals surface area contributed by atoms with Crippen LogP contribution in [0.1, 0.15) is 45.9 Å². The highest BCUT2D eigenvalue weighted by molar-refractivity contribution is 7.19. The third-order valence-corrected chi connectivity index (χ3v) is 6.44. The first-order chi connectivity index (χ1) is 12.9. The van der Waals surface area contributed by atoms with E-state index in [0.29, 0.717) is 19.6 Å². The number of nitrogens with zero attached hydrogens (tertiary/aromatic N) is 2. The number of ether oxygens (including phenoxy) is 1. The van der Waals surface area contributed by atoms with Crippen molar-refractivity contribution in [2.24, 2.45) is 5.41 Å². The molecular weight excluding hydrogens is 364 g/mol. The monoisotopic (exact) mass is 386 g/mol. The molecule has 0 aromatic carbocycles. The molecule has 3 heterocycles. The molecule has 2 aromatic heterocycles. The largest absolute Gasteiger partial charge is 0.478 e. The molecule has 1 N–H and O–H groups in total. The number of morpholine rings is 1.